The summed E-state index contributed by atoms with van der Waals surface area (Å²) < 4.78 is 26.8. The number of halogens is 1. The topological polar surface area (TPSA) is 74.8 Å². The molecule has 7 heteroatoms. The van der Waals surface area contributed by atoms with Crippen molar-refractivity contribution in [1.82, 2.24) is 14.9 Å². The van der Waals surface area contributed by atoms with Gasteiger partial charge in [-0.2, -0.15) is 5.10 Å². The highest BCUT2D eigenvalue weighted by Crippen LogP contribution is 2.32. The van der Waals surface area contributed by atoms with Crippen molar-refractivity contribution in [3.63, 3.8) is 0 Å². The highest BCUT2D eigenvalue weighted by molar-refractivity contribution is 9.09. The van der Waals surface area contributed by atoms with E-state index >= 15 is 0 Å². The van der Waals surface area contributed by atoms with Gasteiger partial charge in [-0.05, 0) is 12.8 Å². The minimum atomic E-state index is -3.44. The lowest BCUT2D eigenvalue weighted by Crippen LogP contribution is -2.47. The Kier molecular flexibility index (Phi) is 3.37. The maximum Gasteiger partial charge on any atom is 0.244 e. The third-order valence-corrected chi connectivity index (χ3v) is 5.57. The van der Waals surface area contributed by atoms with Gasteiger partial charge in [-0.3, -0.25) is 5.10 Å². The zero-order valence-electron chi connectivity index (χ0n) is 8.74. The Balaban J connectivity index is 2.20. The molecule has 0 unspecified atom stereocenters. The number of alkyl halides is 1. The maximum absolute atomic E-state index is 12.0. The molecule has 0 spiro atoms. The fourth-order valence-corrected chi connectivity index (χ4v) is 4.29. The molecule has 1 saturated carbocycles. The number of H-pyrrole nitrogens is 1. The molecular weight excluding hydrogens is 294 g/mol. The molecule has 1 aliphatic rings. The number of hydrogen-bond acceptors (Lipinski definition) is 3. The molecular formula is C9H14BrN3O2S. The van der Waals surface area contributed by atoms with Crippen molar-refractivity contribution in [3.8, 4) is 0 Å². The van der Waals surface area contributed by atoms with Crippen LogP contribution in [0, 0.1) is 0 Å². The average molecular weight is 308 g/mol. The summed E-state index contributed by atoms with van der Waals surface area (Å²) in [6.45, 7) is 0. The molecule has 1 heterocycles. The highest BCUT2D eigenvalue weighted by atomic mass is 79.9. The van der Waals surface area contributed by atoms with Crippen LogP contribution < -0.4 is 4.72 Å². The van der Waals surface area contributed by atoms with Crippen LogP contribution in [-0.2, 0) is 10.0 Å². The van der Waals surface area contributed by atoms with Gasteiger partial charge in [-0.1, -0.05) is 28.8 Å². The van der Waals surface area contributed by atoms with Gasteiger partial charge in [0.1, 0.15) is 4.90 Å². The van der Waals surface area contributed by atoms with Gasteiger partial charge in [-0.25, -0.2) is 13.1 Å². The molecule has 1 aromatic heterocycles. The zero-order chi connectivity index (χ0) is 11.6. The summed E-state index contributed by atoms with van der Waals surface area (Å²) in [5.74, 6) is 0. The highest BCUT2D eigenvalue weighted by Gasteiger charge is 2.37. The van der Waals surface area contributed by atoms with Crippen LogP contribution in [0.3, 0.4) is 0 Å². The van der Waals surface area contributed by atoms with Crippen LogP contribution in [0.15, 0.2) is 17.3 Å². The minimum absolute atomic E-state index is 0.194. The molecule has 1 aliphatic carbocycles. The van der Waals surface area contributed by atoms with Gasteiger partial charge in [0.15, 0.2) is 0 Å². The number of sulfonamides is 1. The fraction of sp³-hybridized carbons (Fsp3) is 0.667. The Morgan fingerprint density at radius 1 is 1.50 bits per heavy atom. The lowest BCUT2D eigenvalue weighted by atomic mass is 10.0. The molecule has 0 amide bonds. The van der Waals surface area contributed by atoms with E-state index in [4.69, 9.17) is 0 Å². The third-order valence-electron chi connectivity index (χ3n) is 2.95. The van der Waals surface area contributed by atoms with Crippen molar-refractivity contribution in [2.24, 2.45) is 0 Å². The van der Waals surface area contributed by atoms with Crippen LogP contribution in [0.1, 0.15) is 25.7 Å². The first-order valence-corrected chi connectivity index (χ1v) is 7.77. The smallest absolute Gasteiger partial charge is 0.244 e. The minimum Gasteiger partial charge on any atom is -0.284 e. The van der Waals surface area contributed by atoms with Crippen molar-refractivity contribution >= 4 is 26.0 Å². The molecule has 1 aromatic rings. The van der Waals surface area contributed by atoms with E-state index in [1.807, 2.05) is 0 Å². The predicted octanol–water partition coefficient (Wildman–Crippen LogP) is 1.40. The molecule has 0 atom stereocenters. The van der Waals surface area contributed by atoms with E-state index in [0.29, 0.717) is 5.33 Å². The molecule has 2 rings (SSSR count). The maximum atomic E-state index is 12.0. The summed E-state index contributed by atoms with van der Waals surface area (Å²) in [4.78, 5) is 0.194. The predicted molar refractivity (Wildman–Crippen MR) is 63.9 cm³/mol. The first kappa shape index (κ1) is 12.1. The zero-order valence-corrected chi connectivity index (χ0v) is 11.1. The second-order valence-electron chi connectivity index (χ2n) is 4.16. The summed E-state index contributed by atoms with van der Waals surface area (Å²) in [6.07, 6.45) is 6.61. The second-order valence-corrected chi connectivity index (χ2v) is 6.40. The summed E-state index contributed by atoms with van der Waals surface area (Å²) in [6, 6.07) is 0. The van der Waals surface area contributed by atoms with Crippen molar-refractivity contribution in [3.05, 3.63) is 12.4 Å². The van der Waals surface area contributed by atoms with Crippen LogP contribution >= 0.6 is 15.9 Å². The largest absolute Gasteiger partial charge is 0.284 e. The summed E-state index contributed by atoms with van der Waals surface area (Å²) in [5, 5.41) is 6.82. The third kappa shape index (κ3) is 2.31. The molecule has 90 valence electrons. The van der Waals surface area contributed by atoms with Crippen molar-refractivity contribution in [1.29, 1.82) is 0 Å². The standard InChI is InChI=1S/C9H14BrN3O2S/c10-7-9(3-1-2-4-9)13-16(14,15)8-5-11-12-6-8/h5-6,13H,1-4,7H2,(H,11,12). The summed E-state index contributed by atoms with van der Waals surface area (Å²) in [7, 11) is -3.44. The number of aromatic amines is 1. The first-order valence-electron chi connectivity index (χ1n) is 5.17. The lowest BCUT2D eigenvalue weighted by molar-refractivity contribution is 0.438. The molecule has 2 N–H and O–H groups in total. The van der Waals surface area contributed by atoms with Crippen LogP contribution in [0.4, 0.5) is 0 Å². The number of rotatable bonds is 4. The Labute approximate surface area is 103 Å². The van der Waals surface area contributed by atoms with Crippen LogP contribution in [0.25, 0.3) is 0 Å². The van der Waals surface area contributed by atoms with Crippen LogP contribution in [0.5, 0.6) is 0 Å². The molecule has 0 radical (unpaired) electrons. The Hall–Kier alpha value is -0.400. The second kappa shape index (κ2) is 4.46. The van der Waals surface area contributed by atoms with E-state index in [0.717, 1.165) is 25.7 Å². The lowest BCUT2D eigenvalue weighted by Gasteiger charge is -2.27. The van der Waals surface area contributed by atoms with Crippen LogP contribution in [0.2, 0.25) is 0 Å². The van der Waals surface area contributed by atoms with E-state index in [9.17, 15) is 8.42 Å². The SMILES string of the molecule is O=S(=O)(NC1(CBr)CCCC1)c1cn[nH]c1. The van der Waals surface area contributed by atoms with Gasteiger partial charge in [0.2, 0.25) is 10.0 Å². The van der Waals surface area contributed by atoms with E-state index in [2.05, 4.69) is 30.8 Å². The number of nitrogens with one attached hydrogen (secondary N) is 2. The molecule has 1 fully saturated rings. The van der Waals surface area contributed by atoms with Crippen LogP contribution in [-0.4, -0.2) is 29.5 Å². The number of nitrogens with zero attached hydrogens (tertiary/aromatic N) is 1. The Bertz CT molecular complexity index is 437. The molecule has 0 saturated heterocycles. The number of hydrogen-bond donors (Lipinski definition) is 2. The van der Waals surface area contributed by atoms with Gasteiger partial charge in [0, 0.05) is 17.1 Å². The van der Waals surface area contributed by atoms with E-state index < -0.39 is 10.0 Å². The number of aromatic nitrogens is 2. The fourth-order valence-electron chi connectivity index (χ4n) is 2.04. The van der Waals surface area contributed by atoms with Gasteiger partial charge >= 0.3 is 0 Å². The molecule has 16 heavy (non-hydrogen) atoms. The van der Waals surface area contributed by atoms with Crippen molar-refractivity contribution < 1.29 is 8.42 Å². The Morgan fingerprint density at radius 2 is 2.19 bits per heavy atom. The van der Waals surface area contributed by atoms with E-state index in [1.54, 1.807) is 0 Å². The average Bonchev–Trinajstić information content (AvgIpc) is 2.87. The van der Waals surface area contributed by atoms with Crippen molar-refractivity contribution in [2.45, 2.75) is 36.1 Å². The normalized spacial score (nSPS) is 20.1. The van der Waals surface area contributed by atoms with E-state index in [-0.39, 0.29) is 10.4 Å². The quantitative estimate of drug-likeness (QED) is 0.826. The van der Waals surface area contributed by atoms with Gasteiger partial charge in [-0.15, -0.1) is 0 Å². The van der Waals surface area contributed by atoms with Crippen molar-refractivity contribution in [2.75, 3.05) is 5.33 Å². The molecule has 0 aliphatic heterocycles. The first-order chi connectivity index (χ1) is 7.58. The molecule has 5 nitrogen and oxygen atoms in total. The molecule has 0 bridgehead atoms. The molecule has 0 aromatic carbocycles. The summed E-state index contributed by atoms with van der Waals surface area (Å²) in [5.41, 5.74) is -0.323. The Morgan fingerprint density at radius 3 is 2.69 bits per heavy atom. The van der Waals surface area contributed by atoms with Gasteiger partial charge < -0.3 is 0 Å². The van der Waals surface area contributed by atoms with E-state index in [1.165, 1.54) is 12.4 Å². The summed E-state index contributed by atoms with van der Waals surface area (Å²) >= 11 is 3.40. The monoisotopic (exact) mass is 307 g/mol. The van der Waals surface area contributed by atoms with Gasteiger partial charge in [0.05, 0.1) is 6.20 Å². The van der Waals surface area contributed by atoms with Gasteiger partial charge in [0.25, 0.3) is 0 Å².